The van der Waals surface area contributed by atoms with Crippen LogP contribution in [0, 0.1) is 12.7 Å². The second-order valence-electron chi connectivity index (χ2n) is 7.32. The van der Waals surface area contributed by atoms with Crippen LogP contribution in [0.4, 0.5) is 10.1 Å². The van der Waals surface area contributed by atoms with Gasteiger partial charge >= 0.3 is 5.97 Å². The minimum Gasteiger partial charge on any atom is -0.477 e. The van der Waals surface area contributed by atoms with E-state index in [1.807, 2.05) is 13.8 Å². The number of hydrogen-bond donors (Lipinski definition) is 2. The monoisotopic (exact) mass is 359 g/mol. The summed E-state index contributed by atoms with van der Waals surface area (Å²) in [6.45, 7) is 6.44. The van der Waals surface area contributed by atoms with E-state index in [0.29, 0.717) is 29.9 Å². The van der Waals surface area contributed by atoms with Crippen molar-refractivity contribution in [2.24, 2.45) is 0 Å². The number of nitrogens with zero attached hydrogens (tertiary/aromatic N) is 2. The minimum absolute atomic E-state index is 0.101. The molecule has 1 aliphatic carbocycles. The van der Waals surface area contributed by atoms with Crippen LogP contribution in [0.5, 0.6) is 0 Å². The fourth-order valence-electron chi connectivity index (χ4n) is 4.15. The number of carbonyl (C=O) groups is 1. The number of aromatic nitrogens is 1. The summed E-state index contributed by atoms with van der Waals surface area (Å²) < 4.78 is 16.8. The first kappa shape index (κ1) is 17.0. The molecule has 0 amide bonds. The Morgan fingerprint density at radius 1 is 1.42 bits per heavy atom. The summed E-state index contributed by atoms with van der Waals surface area (Å²) >= 11 is 0. The van der Waals surface area contributed by atoms with E-state index in [1.165, 1.54) is 12.3 Å². The maximum atomic E-state index is 15.0. The van der Waals surface area contributed by atoms with E-state index in [1.54, 1.807) is 4.57 Å². The first-order chi connectivity index (χ1) is 12.4. The van der Waals surface area contributed by atoms with Gasteiger partial charge in [0.2, 0.25) is 5.43 Å². The number of aryl methyl sites for hydroxylation is 2. The zero-order valence-corrected chi connectivity index (χ0v) is 14.9. The summed E-state index contributed by atoms with van der Waals surface area (Å²) in [4.78, 5) is 26.0. The van der Waals surface area contributed by atoms with E-state index in [0.717, 1.165) is 25.9 Å². The number of carboxylic acid groups (broad SMARTS) is 1. The predicted octanol–water partition coefficient (Wildman–Crippen LogP) is 2.11. The third kappa shape index (κ3) is 2.49. The number of halogens is 1. The Morgan fingerprint density at radius 3 is 2.77 bits per heavy atom. The summed E-state index contributed by atoms with van der Waals surface area (Å²) in [5.74, 6) is -1.76. The summed E-state index contributed by atoms with van der Waals surface area (Å²) in [5.41, 5.74) is 0.962. The van der Waals surface area contributed by atoms with Gasteiger partial charge in [0.15, 0.2) is 0 Å². The molecule has 2 N–H and O–H groups in total. The van der Waals surface area contributed by atoms with Crippen molar-refractivity contribution in [1.29, 1.82) is 0 Å². The van der Waals surface area contributed by atoms with Gasteiger partial charge in [0.1, 0.15) is 11.4 Å². The Balaban J connectivity index is 1.95. The molecule has 2 aromatic rings. The highest BCUT2D eigenvalue weighted by molar-refractivity contribution is 5.95. The molecule has 2 aliphatic rings. The highest BCUT2D eigenvalue weighted by Gasteiger charge is 2.46. The molecule has 1 saturated heterocycles. The molecule has 2 fully saturated rings. The van der Waals surface area contributed by atoms with Gasteiger partial charge < -0.3 is 19.9 Å². The second-order valence-corrected chi connectivity index (χ2v) is 7.32. The molecule has 6 nitrogen and oxygen atoms in total. The van der Waals surface area contributed by atoms with Crippen molar-refractivity contribution in [2.75, 3.05) is 24.5 Å². The van der Waals surface area contributed by atoms with Crippen LogP contribution in [0.3, 0.4) is 0 Å². The third-order valence-corrected chi connectivity index (χ3v) is 5.64. The Bertz CT molecular complexity index is 978. The molecule has 0 unspecified atom stereocenters. The Morgan fingerprint density at radius 2 is 2.15 bits per heavy atom. The number of pyridine rings is 1. The van der Waals surface area contributed by atoms with Gasteiger partial charge in [-0.3, -0.25) is 4.79 Å². The molecule has 1 saturated carbocycles. The van der Waals surface area contributed by atoms with E-state index in [9.17, 15) is 14.7 Å². The van der Waals surface area contributed by atoms with Gasteiger partial charge in [0, 0.05) is 43.3 Å². The largest absolute Gasteiger partial charge is 0.477 e. The molecule has 26 heavy (non-hydrogen) atoms. The summed E-state index contributed by atoms with van der Waals surface area (Å²) in [6, 6.07) is 1.21. The number of piperazine rings is 1. The van der Waals surface area contributed by atoms with E-state index in [2.05, 4.69) is 10.2 Å². The molecule has 0 radical (unpaired) electrons. The van der Waals surface area contributed by atoms with E-state index >= 15 is 4.39 Å². The lowest BCUT2D eigenvalue weighted by atomic mass is 10.0. The topological polar surface area (TPSA) is 74.6 Å². The number of benzene rings is 1. The number of rotatable bonds is 3. The quantitative estimate of drug-likeness (QED) is 0.878. The standard InChI is InChI=1S/C19H22FN3O3/c1-3-22-9-13(18(25)26)17(24)12-8-14(20)16(11(2)15(12)22)23-7-6-21-19(10-23)4-5-19/h8-9,21H,3-7,10H2,1-2H3,(H,25,26). The van der Waals surface area contributed by atoms with E-state index < -0.39 is 17.2 Å². The lowest BCUT2D eigenvalue weighted by molar-refractivity contribution is 0.0695. The van der Waals surface area contributed by atoms with Gasteiger partial charge in [-0.05, 0) is 38.3 Å². The SMILES string of the molecule is CCn1cc(C(=O)O)c(=O)c2cc(F)c(N3CCNC4(CC4)C3)c(C)c21. The van der Waals surface area contributed by atoms with Crippen LogP contribution in [0.15, 0.2) is 17.1 Å². The Labute approximate surface area is 150 Å². The number of anilines is 1. The number of aromatic carboxylic acids is 1. The second kappa shape index (κ2) is 5.81. The average molecular weight is 359 g/mol. The van der Waals surface area contributed by atoms with Crippen molar-refractivity contribution < 1.29 is 14.3 Å². The summed E-state index contributed by atoms with van der Waals surface area (Å²) in [6.07, 6.45) is 3.56. The van der Waals surface area contributed by atoms with Gasteiger partial charge in [-0.25, -0.2) is 9.18 Å². The van der Waals surface area contributed by atoms with Crippen molar-refractivity contribution in [1.82, 2.24) is 9.88 Å². The Kier molecular flexibility index (Phi) is 3.80. The van der Waals surface area contributed by atoms with Crippen LogP contribution in [0.25, 0.3) is 10.9 Å². The zero-order valence-electron chi connectivity index (χ0n) is 14.9. The fraction of sp³-hybridized carbons (Fsp3) is 0.474. The van der Waals surface area contributed by atoms with Crippen molar-refractivity contribution in [3.8, 4) is 0 Å². The van der Waals surface area contributed by atoms with Gasteiger partial charge in [-0.15, -0.1) is 0 Å². The average Bonchev–Trinajstić information content (AvgIpc) is 3.34. The van der Waals surface area contributed by atoms with Gasteiger partial charge in [0.25, 0.3) is 0 Å². The first-order valence-electron chi connectivity index (χ1n) is 8.96. The lowest BCUT2D eigenvalue weighted by Gasteiger charge is -2.37. The maximum absolute atomic E-state index is 15.0. The normalized spacial score (nSPS) is 18.5. The van der Waals surface area contributed by atoms with Crippen LogP contribution in [-0.2, 0) is 6.54 Å². The van der Waals surface area contributed by atoms with Crippen LogP contribution >= 0.6 is 0 Å². The fourth-order valence-corrected chi connectivity index (χ4v) is 4.15. The molecule has 0 bridgehead atoms. The molecule has 138 valence electrons. The van der Waals surface area contributed by atoms with E-state index in [-0.39, 0.29) is 16.5 Å². The molecule has 1 aromatic carbocycles. The zero-order chi connectivity index (χ0) is 18.6. The number of hydrogen-bond acceptors (Lipinski definition) is 4. The molecule has 0 atom stereocenters. The van der Waals surface area contributed by atoms with Crippen molar-refractivity contribution >= 4 is 22.6 Å². The first-order valence-corrected chi connectivity index (χ1v) is 8.96. The number of fused-ring (bicyclic) bond motifs is 1. The van der Waals surface area contributed by atoms with Crippen molar-refractivity contribution in [3.63, 3.8) is 0 Å². The molecule has 1 aliphatic heterocycles. The molecule has 7 heteroatoms. The molecule has 4 rings (SSSR count). The number of nitrogens with one attached hydrogen (secondary N) is 1. The minimum atomic E-state index is -1.29. The molecule has 2 heterocycles. The Hall–Kier alpha value is -2.41. The molecule has 1 aromatic heterocycles. The molecular formula is C19H22FN3O3. The highest BCUT2D eigenvalue weighted by atomic mass is 19.1. The van der Waals surface area contributed by atoms with Gasteiger partial charge in [-0.2, -0.15) is 0 Å². The molecular weight excluding hydrogens is 337 g/mol. The highest BCUT2D eigenvalue weighted by Crippen LogP contribution is 2.40. The van der Waals surface area contributed by atoms with Gasteiger partial charge in [-0.1, -0.05) is 0 Å². The van der Waals surface area contributed by atoms with Crippen molar-refractivity contribution in [3.05, 3.63) is 39.4 Å². The van der Waals surface area contributed by atoms with Crippen LogP contribution < -0.4 is 15.6 Å². The van der Waals surface area contributed by atoms with Crippen LogP contribution in [-0.4, -0.2) is 40.8 Å². The molecule has 1 spiro atoms. The summed E-state index contributed by atoms with van der Waals surface area (Å²) in [7, 11) is 0. The predicted molar refractivity (Wildman–Crippen MR) is 97.7 cm³/mol. The van der Waals surface area contributed by atoms with E-state index in [4.69, 9.17) is 0 Å². The lowest BCUT2D eigenvalue weighted by Crippen LogP contribution is -2.53. The summed E-state index contributed by atoms with van der Waals surface area (Å²) in [5, 5.41) is 12.9. The van der Waals surface area contributed by atoms with Gasteiger partial charge in [0.05, 0.1) is 11.2 Å². The third-order valence-electron chi connectivity index (χ3n) is 5.64. The van der Waals surface area contributed by atoms with Crippen molar-refractivity contribution in [2.45, 2.75) is 38.8 Å². The smallest absolute Gasteiger partial charge is 0.341 e. The number of carboxylic acids is 1. The maximum Gasteiger partial charge on any atom is 0.341 e. The van der Waals surface area contributed by atoms with Crippen LogP contribution in [0.2, 0.25) is 0 Å². The van der Waals surface area contributed by atoms with Crippen LogP contribution in [0.1, 0.15) is 35.7 Å².